The van der Waals surface area contributed by atoms with Crippen LogP contribution in [0.25, 0.3) is 10.8 Å². The Morgan fingerprint density at radius 3 is 2.43 bits per heavy atom. The molecule has 2 bridgehead atoms. The molecule has 3 nitrogen and oxygen atoms in total. The molecule has 122 valence electrons. The zero-order valence-corrected chi connectivity index (χ0v) is 14.2. The molecule has 0 spiro atoms. The zero-order chi connectivity index (χ0) is 15.8. The predicted molar refractivity (Wildman–Crippen MR) is 96.5 cm³/mol. The molecular formula is C20H26N2O. The summed E-state index contributed by atoms with van der Waals surface area (Å²) in [6.45, 7) is 5.07. The Labute approximate surface area is 138 Å². The van der Waals surface area contributed by atoms with E-state index in [1.807, 2.05) is 6.92 Å². The van der Waals surface area contributed by atoms with Gasteiger partial charge in [0.1, 0.15) is 5.75 Å². The first-order valence-corrected chi connectivity index (χ1v) is 8.88. The van der Waals surface area contributed by atoms with Crippen molar-refractivity contribution in [2.45, 2.75) is 38.3 Å². The van der Waals surface area contributed by atoms with E-state index in [1.165, 1.54) is 35.7 Å². The highest BCUT2D eigenvalue weighted by Crippen LogP contribution is 2.32. The van der Waals surface area contributed by atoms with Crippen LogP contribution in [0.4, 0.5) is 5.69 Å². The van der Waals surface area contributed by atoms with Gasteiger partial charge in [0.15, 0.2) is 0 Å². The van der Waals surface area contributed by atoms with E-state index >= 15 is 0 Å². The lowest BCUT2D eigenvalue weighted by Gasteiger charge is -2.49. The van der Waals surface area contributed by atoms with Gasteiger partial charge in [-0.2, -0.15) is 0 Å². The summed E-state index contributed by atoms with van der Waals surface area (Å²) in [6.07, 6.45) is 4.08. The minimum Gasteiger partial charge on any atom is -0.494 e. The summed E-state index contributed by atoms with van der Waals surface area (Å²) in [5, 5.41) is 2.56. The molecule has 0 N–H and O–H groups in total. The lowest BCUT2D eigenvalue weighted by atomic mass is 9.91. The second-order valence-electron chi connectivity index (χ2n) is 6.94. The molecular weight excluding hydrogens is 284 g/mol. The molecule has 2 saturated heterocycles. The summed E-state index contributed by atoms with van der Waals surface area (Å²) in [4.78, 5) is 5.19. The van der Waals surface area contributed by atoms with Crippen LogP contribution in [0.3, 0.4) is 0 Å². The average molecular weight is 310 g/mol. The van der Waals surface area contributed by atoms with Gasteiger partial charge in [-0.05, 0) is 61.9 Å². The largest absolute Gasteiger partial charge is 0.494 e. The molecule has 0 saturated carbocycles. The molecule has 23 heavy (non-hydrogen) atoms. The van der Waals surface area contributed by atoms with Crippen LogP contribution >= 0.6 is 0 Å². The van der Waals surface area contributed by atoms with Gasteiger partial charge in [-0.25, -0.2) is 0 Å². The quantitative estimate of drug-likeness (QED) is 0.855. The molecule has 0 aliphatic carbocycles. The number of anilines is 1. The fourth-order valence-electron chi connectivity index (χ4n) is 4.19. The third-order valence-electron chi connectivity index (χ3n) is 5.56. The van der Waals surface area contributed by atoms with E-state index in [0.717, 1.165) is 30.9 Å². The second kappa shape index (κ2) is 6.04. The van der Waals surface area contributed by atoms with E-state index in [0.29, 0.717) is 6.61 Å². The lowest BCUT2D eigenvalue weighted by molar-refractivity contribution is 0.0951. The molecule has 3 heteroatoms. The Morgan fingerprint density at radius 2 is 1.70 bits per heavy atom. The Bertz CT molecular complexity index is 685. The number of ether oxygens (including phenoxy) is 1. The Hall–Kier alpha value is -1.74. The van der Waals surface area contributed by atoms with Gasteiger partial charge in [0.25, 0.3) is 0 Å². The number of fused-ring (bicyclic) bond motifs is 3. The maximum Gasteiger partial charge on any atom is 0.119 e. The average Bonchev–Trinajstić information content (AvgIpc) is 2.54. The molecule has 0 radical (unpaired) electrons. The molecule has 2 aromatic rings. The smallest absolute Gasteiger partial charge is 0.119 e. The molecule has 2 aliphatic heterocycles. The second-order valence-corrected chi connectivity index (χ2v) is 6.94. The highest BCUT2D eigenvalue weighted by Gasteiger charge is 2.34. The highest BCUT2D eigenvalue weighted by atomic mass is 16.5. The van der Waals surface area contributed by atoms with Gasteiger partial charge in [0, 0.05) is 30.9 Å². The van der Waals surface area contributed by atoms with Crippen molar-refractivity contribution >= 4 is 16.5 Å². The fourth-order valence-corrected chi connectivity index (χ4v) is 4.19. The molecule has 2 aliphatic rings. The van der Waals surface area contributed by atoms with E-state index in [-0.39, 0.29) is 0 Å². The molecule has 2 heterocycles. The monoisotopic (exact) mass is 310 g/mol. The van der Waals surface area contributed by atoms with Gasteiger partial charge in [0.05, 0.1) is 6.61 Å². The maximum atomic E-state index is 5.61. The molecule has 4 rings (SSSR count). The van der Waals surface area contributed by atoms with Crippen LogP contribution in [-0.4, -0.2) is 43.7 Å². The summed E-state index contributed by atoms with van der Waals surface area (Å²) in [5.41, 5.74) is 1.37. The first-order valence-electron chi connectivity index (χ1n) is 8.88. The van der Waals surface area contributed by atoms with Gasteiger partial charge < -0.3 is 9.64 Å². The maximum absolute atomic E-state index is 5.61. The third kappa shape index (κ3) is 2.78. The van der Waals surface area contributed by atoms with Crippen molar-refractivity contribution in [3.05, 3.63) is 36.4 Å². The zero-order valence-electron chi connectivity index (χ0n) is 14.2. The minimum atomic E-state index is 0.716. The Balaban J connectivity index is 1.60. The molecule has 0 aromatic heterocycles. The van der Waals surface area contributed by atoms with E-state index < -0.39 is 0 Å². The minimum absolute atomic E-state index is 0.716. The normalized spacial score (nSPS) is 24.9. The third-order valence-corrected chi connectivity index (χ3v) is 5.56. The van der Waals surface area contributed by atoms with Crippen molar-refractivity contribution in [3.8, 4) is 5.75 Å². The van der Waals surface area contributed by atoms with Crippen LogP contribution in [0.2, 0.25) is 0 Å². The standard InChI is InChI=1S/C20H26N2O/c1-3-23-20-10-8-15-11-17(9-7-16(15)12-20)22-13-18-5-4-6-19(14-22)21(18)2/h7-12,18-19H,3-6,13-14H2,1-2H3. The molecule has 2 unspecified atom stereocenters. The van der Waals surface area contributed by atoms with E-state index in [1.54, 1.807) is 0 Å². The van der Waals surface area contributed by atoms with Crippen LogP contribution in [0.1, 0.15) is 26.2 Å². The first-order chi connectivity index (χ1) is 11.2. The number of hydrogen-bond acceptors (Lipinski definition) is 3. The summed E-state index contributed by atoms with van der Waals surface area (Å²) in [6, 6.07) is 14.7. The van der Waals surface area contributed by atoms with Crippen molar-refractivity contribution in [2.75, 3.05) is 31.6 Å². The fraction of sp³-hybridized carbons (Fsp3) is 0.500. The van der Waals surface area contributed by atoms with Crippen molar-refractivity contribution in [1.82, 2.24) is 4.90 Å². The number of piperidine rings is 1. The van der Waals surface area contributed by atoms with E-state index in [4.69, 9.17) is 4.74 Å². The van der Waals surface area contributed by atoms with E-state index in [9.17, 15) is 0 Å². The number of hydrogen-bond donors (Lipinski definition) is 0. The molecule has 2 aromatic carbocycles. The van der Waals surface area contributed by atoms with Crippen LogP contribution in [0.5, 0.6) is 5.75 Å². The highest BCUT2D eigenvalue weighted by molar-refractivity contribution is 5.87. The van der Waals surface area contributed by atoms with Crippen LogP contribution in [-0.2, 0) is 0 Å². The van der Waals surface area contributed by atoms with Crippen molar-refractivity contribution in [3.63, 3.8) is 0 Å². The first kappa shape index (κ1) is 14.8. The van der Waals surface area contributed by atoms with Crippen LogP contribution in [0.15, 0.2) is 36.4 Å². The van der Waals surface area contributed by atoms with Crippen LogP contribution in [0, 0.1) is 0 Å². The van der Waals surface area contributed by atoms with Crippen molar-refractivity contribution < 1.29 is 4.74 Å². The van der Waals surface area contributed by atoms with Crippen molar-refractivity contribution in [1.29, 1.82) is 0 Å². The number of likely N-dealkylation sites (N-methyl/N-ethyl adjacent to an activating group) is 1. The molecule has 0 amide bonds. The summed E-state index contributed by atoms with van der Waals surface area (Å²) in [7, 11) is 2.31. The summed E-state index contributed by atoms with van der Waals surface area (Å²) >= 11 is 0. The molecule has 2 fully saturated rings. The van der Waals surface area contributed by atoms with Gasteiger partial charge in [0.2, 0.25) is 0 Å². The number of piperazine rings is 1. The SMILES string of the molecule is CCOc1ccc2cc(N3CC4CCCC(C3)N4C)ccc2c1. The number of nitrogens with zero attached hydrogens (tertiary/aromatic N) is 2. The van der Waals surface area contributed by atoms with E-state index in [2.05, 4.69) is 53.2 Å². The van der Waals surface area contributed by atoms with Gasteiger partial charge in [-0.1, -0.05) is 18.6 Å². The van der Waals surface area contributed by atoms with Crippen molar-refractivity contribution in [2.24, 2.45) is 0 Å². The van der Waals surface area contributed by atoms with Gasteiger partial charge in [-0.3, -0.25) is 4.90 Å². The Kier molecular flexibility index (Phi) is 3.90. The van der Waals surface area contributed by atoms with Crippen LogP contribution < -0.4 is 9.64 Å². The molecule has 2 atom stereocenters. The summed E-state index contributed by atoms with van der Waals surface area (Å²) in [5.74, 6) is 0.960. The summed E-state index contributed by atoms with van der Waals surface area (Å²) < 4.78 is 5.61. The number of rotatable bonds is 3. The Morgan fingerprint density at radius 1 is 1.00 bits per heavy atom. The predicted octanol–water partition coefficient (Wildman–Crippen LogP) is 3.91. The topological polar surface area (TPSA) is 15.7 Å². The number of benzene rings is 2. The lowest BCUT2D eigenvalue weighted by Crippen LogP contribution is -2.59. The van der Waals surface area contributed by atoms with Gasteiger partial charge in [-0.15, -0.1) is 0 Å². The van der Waals surface area contributed by atoms with Gasteiger partial charge >= 0.3 is 0 Å².